The highest BCUT2D eigenvalue weighted by molar-refractivity contribution is 5.99. The van der Waals surface area contributed by atoms with Crippen molar-refractivity contribution < 1.29 is 23.8 Å². The number of fused-ring (bicyclic) bond motifs is 1. The van der Waals surface area contributed by atoms with Gasteiger partial charge in [0, 0.05) is 5.56 Å². The Morgan fingerprint density at radius 3 is 2.59 bits per heavy atom. The summed E-state index contributed by atoms with van der Waals surface area (Å²) in [5, 5.41) is 9.47. The molecule has 0 aliphatic heterocycles. The van der Waals surface area contributed by atoms with Crippen molar-refractivity contribution in [2.45, 2.75) is 0 Å². The second kappa shape index (κ2) is 4.01. The van der Waals surface area contributed by atoms with Crippen molar-refractivity contribution in [1.29, 1.82) is 0 Å². The molecule has 0 bridgehead atoms. The number of benzene rings is 1. The Balaban J connectivity index is 2.84. The van der Waals surface area contributed by atoms with E-state index in [1.54, 1.807) is 12.1 Å². The van der Waals surface area contributed by atoms with E-state index in [-0.39, 0.29) is 11.3 Å². The van der Waals surface area contributed by atoms with E-state index < -0.39 is 5.97 Å². The van der Waals surface area contributed by atoms with E-state index in [1.807, 2.05) is 0 Å². The fourth-order valence-electron chi connectivity index (χ4n) is 1.74. The molecule has 1 aromatic heterocycles. The molecule has 0 aliphatic rings. The number of hydrogen-bond donors (Lipinski definition) is 1. The number of methoxy groups -OCH3 is 2. The smallest absolute Gasteiger partial charge is 0.372 e. The van der Waals surface area contributed by atoms with Gasteiger partial charge in [0.15, 0.2) is 11.5 Å². The molecule has 0 spiro atoms. The molecular formula is C12H11O5. The topological polar surface area (TPSA) is 68.9 Å². The largest absolute Gasteiger partial charge is 0.493 e. The predicted octanol–water partition coefficient (Wildman–Crippen LogP) is 2.33. The van der Waals surface area contributed by atoms with Crippen LogP contribution in [0.25, 0.3) is 11.0 Å². The number of carboxylic acids is 1. The van der Waals surface area contributed by atoms with Crippen LogP contribution in [-0.4, -0.2) is 25.3 Å². The number of ether oxygens (including phenoxy) is 2. The average molecular weight is 235 g/mol. The summed E-state index contributed by atoms with van der Waals surface area (Å²) in [6.45, 7) is 3.70. The van der Waals surface area contributed by atoms with Crippen molar-refractivity contribution in [2.75, 3.05) is 14.2 Å². The highest BCUT2D eigenvalue weighted by Gasteiger charge is 2.21. The van der Waals surface area contributed by atoms with E-state index in [4.69, 9.17) is 19.0 Å². The van der Waals surface area contributed by atoms with Crippen LogP contribution in [0.1, 0.15) is 16.1 Å². The summed E-state index contributed by atoms with van der Waals surface area (Å²) in [5.41, 5.74) is 0.688. The Labute approximate surface area is 97.6 Å². The fraction of sp³-hybridized carbons (Fsp3) is 0.167. The number of carboxylic acid groups (broad SMARTS) is 1. The van der Waals surface area contributed by atoms with Crippen LogP contribution in [0.3, 0.4) is 0 Å². The van der Waals surface area contributed by atoms with Gasteiger partial charge >= 0.3 is 5.97 Å². The zero-order valence-electron chi connectivity index (χ0n) is 9.44. The molecule has 1 radical (unpaired) electrons. The van der Waals surface area contributed by atoms with E-state index in [0.29, 0.717) is 22.5 Å². The van der Waals surface area contributed by atoms with Crippen LogP contribution in [0, 0.1) is 6.92 Å². The molecule has 89 valence electrons. The number of hydrogen-bond acceptors (Lipinski definition) is 4. The van der Waals surface area contributed by atoms with Gasteiger partial charge in [-0.1, -0.05) is 0 Å². The first-order valence-electron chi connectivity index (χ1n) is 4.82. The predicted molar refractivity (Wildman–Crippen MR) is 60.7 cm³/mol. The van der Waals surface area contributed by atoms with Crippen molar-refractivity contribution in [2.24, 2.45) is 0 Å². The highest BCUT2D eigenvalue weighted by Crippen LogP contribution is 2.39. The molecular weight excluding hydrogens is 224 g/mol. The molecule has 0 aliphatic carbocycles. The molecule has 5 nitrogen and oxygen atoms in total. The number of carbonyl (C=O) groups is 1. The maximum absolute atomic E-state index is 10.9. The van der Waals surface area contributed by atoms with Crippen LogP contribution in [0.15, 0.2) is 16.5 Å². The maximum Gasteiger partial charge on any atom is 0.372 e. The first-order valence-corrected chi connectivity index (χ1v) is 4.82. The van der Waals surface area contributed by atoms with Gasteiger partial charge in [0.1, 0.15) is 5.58 Å². The van der Waals surface area contributed by atoms with E-state index >= 15 is 0 Å². The molecule has 1 heterocycles. The molecule has 0 atom stereocenters. The third kappa shape index (κ3) is 1.60. The van der Waals surface area contributed by atoms with Crippen LogP contribution < -0.4 is 9.47 Å². The lowest BCUT2D eigenvalue weighted by Gasteiger charge is -2.07. The van der Waals surface area contributed by atoms with Gasteiger partial charge in [-0.3, -0.25) is 0 Å². The molecule has 0 amide bonds. The van der Waals surface area contributed by atoms with Crippen molar-refractivity contribution in [3.05, 3.63) is 30.4 Å². The highest BCUT2D eigenvalue weighted by atomic mass is 16.5. The van der Waals surface area contributed by atoms with Gasteiger partial charge in [0.2, 0.25) is 5.76 Å². The molecule has 0 fully saturated rings. The Hall–Kier alpha value is -2.17. The van der Waals surface area contributed by atoms with Gasteiger partial charge in [-0.05, 0) is 19.1 Å². The number of furan rings is 1. The molecule has 2 rings (SSSR count). The zero-order valence-corrected chi connectivity index (χ0v) is 9.44. The van der Waals surface area contributed by atoms with Gasteiger partial charge in [0.05, 0.1) is 19.6 Å². The number of rotatable bonds is 3. The van der Waals surface area contributed by atoms with Crippen LogP contribution >= 0.6 is 0 Å². The van der Waals surface area contributed by atoms with E-state index in [1.165, 1.54) is 14.2 Å². The SMILES string of the molecule is [CH2]c1c(C(=O)O)oc2ccc(OC)c(OC)c12. The summed E-state index contributed by atoms with van der Waals surface area (Å²) in [6.07, 6.45) is 0. The lowest BCUT2D eigenvalue weighted by Crippen LogP contribution is -1.96. The molecule has 2 aromatic rings. The molecule has 17 heavy (non-hydrogen) atoms. The third-order valence-electron chi connectivity index (χ3n) is 2.49. The molecule has 0 unspecified atom stereocenters. The Bertz CT molecular complexity index is 582. The minimum atomic E-state index is -1.16. The van der Waals surface area contributed by atoms with Crippen LogP contribution in [-0.2, 0) is 0 Å². The summed E-state index contributed by atoms with van der Waals surface area (Å²) >= 11 is 0. The second-order valence-corrected chi connectivity index (χ2v) is 3.39. The van der Waals surface area contributed by atoms with Gasteiger partial charge in [-0.15, -0.1) is 0 Å². The lowest BCUT2D eigenvalue weighted by atomic mass is 10.1. The van der Waals surface area contributed by atoms with Crippen LogP contribution in [0.4, 0.5) is 0 Å². The Kier molecular flexibility index (Phi) is 2.67. The van der Waals surface area contributed by atoms with Gasteiger partial charge in [-0.2, -0.15) is 0 Å². The Morgan fingerprint density at radius 1 is 1.35 bits per heavy atom. The van der Waals surface area contributed by atoms with Gasteiger partial charge < -0.3 is 19.0 Å². The second-order valence-electron chi connectivity index (χ2n) is 3.39. The normalized spacial score (nSPS) is 10.5. The van der Waals surface area contributed by atoms with E-state index in [0.717, 1.165) is 0 Å². The summed E-state index contributed by atoms with van der Waals surface area (Å²) in [6, 6.07) is 3.27. The monoisotopic (exact) mass is 235 g/mol. The standard InChI is InChI=1S/C12H11O5/c1-6-9-7(17-10(6)12(13)14)4-5-8(15-2)11(9)16-3/h4-5H,1H2,2-3H3,(H,13,14). The number of aromatic carboxylic acids is 1. The minimum Gasteiger partial charge on any atom is -0.493 e. The maximum atomic E-state index is 10.9. The van der Waals surface area contributed by atoms with Crippen molar-refractivity contribution in [3.8, 4) is 11.5 Å². The minimum absolute atomic E-state index is 0.188. The van der Waals surface area contributed by atoms with Crippen molar-refractivity contribution in [3.63, 3.8) is 0 Å². The van der Waals surface area contributed by atoms with E-state index in [2.05, 4.69) is 6.92 Å². The summed E-state index contributed by atoms with van der Waals surface area (Å²) < 4.78 is 15.5. The third-order valence-corrected chi connectivity index (χ3v) is 2.49. The van der Waals surface area contributed by atoms with E-state index in [9.17, 15) is 4.79 Å². The molecule has 0 saturated carbocycles. The summed E-state index contributed by atoms with van der Waals surface area (Å²) in [5.74, 6) is -0.423. The molecule has 1 aromatic carbocycles. The zero-order chi connectivity index (χ0) is 12.6. The van der Waals surface area contributed by atoms with Crippen LogP contribution in [0.5, 0.6) is 11.5 Å². The molecule has 1 N–H and O–H groups in total. The van der Waals surface area contributed by atoms with Crippen molar-refractivity contribution in [1.82, 2.24) is 0 Å². The van der Waals surface area contributed by atoms with Gasteiger partial charge in [0.25, 0.3) is 0 Å². The summed E-state index contributed by atoms with van der Waals surface area (Å²) in [4.78, 5) is 10.9. The average Bonchev–Trinajstić information content (AvgIpc) is 2.66. The van der Waals surface area contributed by atoms with Crippen LogP contribution in [0.2, 0.25) is 0 Å². The summed E-state index contributed by atoms with van der Waals surface area (Å²) in [7, 11) is 2.98. The lowest BCUT2D eigenvalue weighted by molar-refractivity contribution is 0.0664. The Morgan fingerprint density at radius 2 is 2.06 bits per heavy atom. The molecule has 0 saturated heterocycles. The first-order chi connectivity index (χ1) is 8.10. The quantitative estimate of drug-likeness (QED) is 0.884. The molecule has 5 heteroatoms. The van der Waals surface area contributed by atoms with Crippen molar-refractivity contribution >= 4 is 16.9 Å². The fourth-order valence-corrected chi connectivity index (χ4v) is 1.74. The van der Waals surface area contributed by atoms with Gasteiger partial charge in [-0.25, -0.2) is 4.79 Å². The first kappa shape index (κ1) is 11.3.